The molecule has 3 heterocycles. The normalized spacial score (nSPS) is 17.9. The fourth-order valence-corrected chi connectivity index (χ4v) is 2.97. The van der Waals surface area contributed by atoms with Gasteiger partial charge in [0, 0.05) is 31.7 Å². The predicted molar refractivity (Wildman–Crippen MR) is 105 cm³/mol. The number of morpholine rings is 2. The van der Waals surface area contributed by atoms with E-state index < -0.39 is 0 Å². The van der Waals surface area contributed by atoms with Crippen molar-refractivity contribution in [1.82, 2.24) is 15.0 Å². The maximum atomic E-state index is 9.84. The van der Waals surface area contributed by atoms with E-state index in [-0.39, 0.29) is 5.75 Å². The van der Waals surface area contributed by atoms with Crippen molar-refractivity contribution in [2.75, 3.05) is 67.8 Å². The largest absolute Gasteiger partial charge is 0.507 e. The third-order valence-corrected chi connectivity index (χ3v) is 4.50. The number of benzene rings is 1. The van der Waals surface area contributed by atoms with Gasteiger partial charge >= 0.3 is 0 Å². The van der Waals surface area contributed by atoms with Crippen LogP contribution in [0.25, 0.3) is 0 Å². The van der Waals surface area contributed by atoms with E-state index >= 15 is 0 Å². The Balaban J connectivity index is 1.56. The maximum absolute atomic E-state index is 9.84. The zero-order chi connectivity index (χ0) is 19.2. The van der Waals surface area contributed by atoms with E-state index in [1.54, 1.807) is 18.2 Å². The first-order valence-electron chi connectivity index (χ1n) is 9.28. The summed E-state index contributed by atoms with van der Waals surface area (Å²) >= 11 is 0. The minimum atomic E-state index is 0.159. The lowest BCUT2D eigenvalue weighted by Crippen LogP contribution is -2.40. The first-order valence-corrected chi connectivity index (χ1v) is 9.28. The highest BCUT2D eigenvalue weighted by atomic mass is 16.5. The molecule has 10 nitrogen and oxygen atoms in total. The second-order valence-electron chi connectivity index (χ2n) is 6.39. The number of rotatable bonds is 5. The van der Waals surface area contributed by atoms with Gasteiger partial charge in [0.25, 0.3) is 0 Å². The number of aromatic nitrogens is 3. The molecule has 10 heteroatoms. The second kappa shape index (κ2) is 8.81. The molecule has 0 unspecified atom stereocenters. The Morgan fingerprint density at radius 3 is 2.04 bits per heavy atom. The van der Waals surface area contributed by atoms with E-state index in [4.69, 9.17) is 9.47 Å². The number of phenols is 1. The fourth-order valence-electron chi connectivity index (χ4n) is 2.97. The van der Waals surface area contributed by atoms with Crippen LogP contribution in [0.15, 0.2) is 29.4 Å². The number of hydrogen-bond acceptors (Lipinski definition) is 10. The minimum Gasteiger partial charge on any atom is -0.507 e. The summed E-state index contributed by atoms with van der Waals surface area (Å²) in [7, 11) is 0. The first kappa shape index (κ1) is 18.4. The molecular weight excluding hydrogens is 362 g/mol. The minimum absolute atomic E-state index is 0.159. The monoisotopic (exact) mass is 385 g/mol. The van der Waals surface area contributed by atoms with Crippen molar-refractivity contribution in [2.24, 2.45) is 5.10 Å². The van der Waals surface area contributed by atoms with Gasteiger partial charge in [-0.15, -0.1) is 0 Å². The number of phenolic OH excluding ortho intramolecular Hbond substituents is 1. The number of para-hydroxylation sites is 1. The summed E-state index contributed by atoms with van der Waals surface area (Å²) < 4.78 is 10.8. The van der Waals surface area contributed by atoms with Gasteiger partial charge in [0.05, 0.1) is 32.6 Å². The summed E-state index contributed by atoms with van der Waals surface area (Å²) in [6, 6.07) is 6.97. The summed E-state index contributed by atoms with van der Waals surface area (Å²) in [6.07, 6.45) is 1.53. The molecule has 2 saturated heterocycles. The molecule has 148 valence electrons. The zero-order valence-corrected chi connectivity index (χ0v) is 15.5. The Bertz CT molecular complexity index is 784. The average Bonchev–Trinajstić information content (AvgIpc) is 2.76. The highest BCUT2D eigenvalue weighted by Crippen LogP contribution is 2.19. The van der Waals surface area contributed by atoms with Crippen LogP contribution in [-0.2, 0) is 9.47 Å². The molecule has 28 heavy (non-hydrogen) atoms. The number of aromatic hydroxyl groups is 1. The first-order chi connectivity index (χ1) is 13.8. The highest BCUT2D eigenvalue weighted by molar-refractivity contribution is 5.83. The summed E-state index contributed by atoms with van der Waals surface area (Å²) in [5, 5.41) is 14.0. The van der Waals surface area contributed by atoms with Gasteiger partial charge in [-0.3, -0.25) is 0 Å². The van der Waals surface area contributed by atoms with Crippen LogP contribution < -0.4 is 15.2 Å². The molecule has 0 atom stereocenters. The SMILES string of the molecule is Oc1ccccc1C=NNc1nc(N2CCOCC2)nc(N2CCOCC2)n1. The molecule has 2 aliphatic rings. The molecule has 0 spiro atoms. The molecule has 0 aliphatic carbocycles. The number of hydrogen-bond donors (Lipinski definition) is 2. The summed E-state index contributed by atoms with van der Waals surface area (Å²) in [6.45, 7) is 5.50. The lowest BCUT2D eigenvalue weighted by molar-refractivity contribution is 0.121. The van der Waals surface area contributed by atoms with E-state index in [1.165, 1.54) is 6.21 Å². The van der Waals surface area contributed by atoms with E-state index in [1.807, 2.05) is 6.07 Å². The van der Waals surface area contributed by atoms with E-state index in [2.05, 4.69) is 35.3 Å². The number of ether oxygens (including phenoxy) is 2. The zero-order valence-electron chi connectivity index (χ0n) is 15.5. The predicted octanol–water partition coefficient (Wildman–Crippen LogP) is 0.696. The van der Waals surface area contributed by atoms with Gasteiger partial charge in [-0.1, -0.05) is 12.1 Å². The topological polar surface area (TPSA) is 108 Å². The third kappa shape index (κ3) is 4.46. The van der Waals surface area contributed by atoms with Crippen molar-refractivity contribution < 1.29 is 14.6 Å². The smallest absolute Gasteiger partial charge is 0.250 e. The van der Waals surface area contributed by atoms with E-state index in [9.17, 15) is 5.11 Å². The second-order valence-corrected chi connectivity index (χ2v) is 6.39. The Hall–Kier alpha value is -2.98. The van der Waals surface area contributed by atoms with Crippen molar-refractivity contribution in [2.45, 2.75) is 0 Å². The molecule has 2 N–H and O–H groups in total. The molecular formula is C18H23N7O3. The third-order valence-electron chi connectivity index (χ3n) is 4.50. The molecule has 1 aromatic heterocycles. The average molecular weight is 385 g/mol. The number of nitrogens with one attached hydrogen (secondary N) is 1. The van der Waals surface area contributed by atoms with Gasteiger partial charge in [0.2, 0.25) is 17.8 Å². The highest BCUT2D eigenvalue weighted by Gasteiger charge is 2.20. The van der Waals surface area contributed by atoms with Crippen LogP contribution in [0.4, 0.5) is 17.8 Å². The molecule has 2 fully saturated rings. The Labute approximate surface area is 162 Å². The standard InChI is InChI=1S/C18H23N7O3/c26-15-4-2-1-3-14(15)13-19-23-16-20-17(24-5-9-27-10-6-24)22-18(21-16)25-7-11-28-12-8-25/h1-4,13,26H,5-12H2,(H,20,21,22,23). The van der Waals surface area contributed by atoms with Crippen molar-refractivity contribution in [3.63, 3.8) is 0 Å². The molecule has 0 radical (unpaired) electrons. The van der Waals surface area contributed by atoms with Crippen LogP contribution in [0, 0.1) is 0 Å². The van der Waals surface area contributed by atoms with Crippen molar-refractivity contribution in [1.29, 1.82) is 0 Å². The molecule has 2 aliphatic heterocycles. The van der Waals surface area contributed by atoms with Crippen LogP contribution in [0.3, 0.4) is 0 Å². The maximum Gasteiger partial charge on any atom is 0.250 e. The molecule has 1 aromatic carbocycles. The number of hydrazone groups is 1. The van der Waals surface area contributed by atoms with Crippen LogP contribution in [0.1, 0.15) is 5.56 Å². The number of anilines is 3. The Morgan fingerprint density at radius 2 is 1.46 bits per heavy atom. The molecule has 2 aromatic rings. The van der Waals surface area contributed by atoms with Gasteiger partial charge in [0.15, 0.2) is 0 Å². The molecule has 0 saturated carbocycles. The van der Waals surface area contributed by atoms with Crippen LogP contribution in [0.5, 0.6) is 5.75 Å². The lowest BCUT2D eigenvalue weighted by atomic mass is 10.2. The Morgan fingerprint density at radius 1 is 0.893 bits per heavy atom. The van der Waals surface area contributed by atoms with Gasteiger partial charge in [-0.05, 0) is 12.1 Å². The lowest BCUT2D eigenvalue weighted by Gasteiger charge is -2.30. The summed E-state index contributed by atoms with van der Waals surface area (Å²) in [5.74, 6) is 1.71. The fraction of sp³-hybridized carbons (Fsp3) is 0.444. The molecule has 0 amide bonds. The molecule has 0 bridgehead atoms. The van der Waals surface area contributed by atoms with Crippen LogP contribution >= 0.6 is 0 Å². The molecule has 4 rings (SSSR count). The number of nitrogens with zero attached hydrogens (tertiary/aromatic N) is 6. The van der Waals surface area contributed by atoms with Crippen LogP contribution in [-0.4, -0.2) is 78.9 Å². The van der Waals surface area contributed by atoms with Gasteiger partial charge in [0.1, 0.15) is 5.75 Å². The van der Waals surface area contributed by atoms with Crippen molar-refractivity contribution in [3.05, 3.63) is 29.8 Å². The summed E-state index contributed by atoms with van der Waals surface area (Å²) in [5.41, 5.74) is 3.46. The summed E-state index contributed by atoms with van der Waals surface area (Å²) in [4.78, 5) is 17.8. The quantitative estimate of drug-likeness (QED) is 0.568. The van der Waals surface area contributed by atoms with Gasteiger partial charge < -0.3 is 24.4 Å². The Kier molecular flexibility index (Phi) is 5.78. The van der Waals surface area contributed by atoms with E-state index in [0.717, 1.165) is 26.2 Å². The van der Waals surface area contributed by atoms with Crippen LogP contribution in [0.2, 0.25) is 0 Å². The van der Waals surface area contributed by atoms with Crippen molar-refractivity contribution >= 4 is 24.1 Å². The van der Waals surface area contributed by atoms with Crippen molar-refractivity contribution in [3.8, 4) is 5.75 Å². The van der Waals surface area contributed by atoms with Gasteiger partial charge in [-0.25, -0.2) is 5.43 Å². The van der Waals surface area contributed by atoms with Gasteiger partial charge in [-0.2, -0.15) is 20.1 Å². The van der Waals surface area contributed by atoms with E-state index in [0.29, 0.717) is 49.8 Å².